The predicted molar refractivity (Wildman–Crippen MR) is 78.4 cm³/mol. The summed E-state index contributed by atoms with van der Waals surface area (Å²) < 4.78 is 1.60. The van der Waals surface area contributed by atoms with E-state index in [4.69, 9.17) is 11.6 Å². The molecule has 0 saturated carbocycles. The summed E-state index contributed by atoms with van der Waals surface area (Å²) in [6.07, 6.45) is 4.85. The number of imidazole rings is 1. The summed E-state index contributed by atoms with van der Waals surface area (Å²) in [6, 6.07) is 0. The lowest BCUT2D eigenvalue weighted by Crippen LogP contribution is -2.35. The lowest BCUT2D eigenvalue weighted by molar-refractivity contribution is -0.128. The zero-order valence-corrected chi connectivity index (χ0v) is 12.6. The SMILES string of the molecule is CCN(CC)C(=O)CNc1nc(Cl)nc(-n2ccnc2)n1. The molecule has 9 heteroatoms. The molecule has 8 nitrogen and oxygen atoms in total. The van der Waals surface area contributed by atoms with Gasteiger partial charge in [-0.05, 0) is 25.4 Å². The summed E-state index contributed by atoms with van der Waals surface area (Å²) in [4.78, 5) is 29.7. The maximum atomic E-state index is 11.9. The standard InChI is InChI=1S/C12H16ClN7O/c1-3-19(4-2)9(21)7-15-11-16-10(13)17-12(18-11)20-6-5-14-8-20/h5-6,8H,3-4,7H2,1-2H3,(H,15,16,17,18). The van der Waals surface area contributed by atoms with E-state index in [-0.39, 0.29) is 23.7 Å². The van der Waals surface area contributed by atoms with Crippen molar-refractivity contribution in [2.75, 3.05) is 25.0 Å². The van der Waals surface area contributed by atoms with Gasteiger partial charge in [-0.2, -0.15) is 15.0 Å². The average Bonchev–Trinajstić information content (AvgIpc) is 3.00. The zero-order chi connectivity index (χ0) is 15.2. The molecule has 0 atom stereocenters. The maximum absolute atomic E-state index is 11.9. The van der Waals surface area contributed by atoms with Gasteiger partial charge in [0, 0.05) is 25.5 Å². The van der Waals surface area contributed by atoms with Gasteiger partial charge in [0.2, 0.25) is 23.1 Å². The van der Waals surface area contributed by atoms with Crippen molar-refractivity contribution < 1.29 is 4.79 Å². The highest BCUT2D eigenvalue weighted by molar-refractivity contribution is 6.28. The molecule has 1 N–H and O–H groups in total. The maximum Gasteiger partial charge on any atom is 0.241 e. The van der Waals surface area contributed by atoms with E-state index in [2.05, 4.69) is 25.3 Å². The highest BCUT2D eigenvalue weighted by atomic mass is 35.5. The van der Waals surface area contributed by atoms with Gasteiger partial charge in [0.15, 0.2) is 0 Å². The highest BCUT2D eigenvalue weighted by Crippen LogP contribution is 2.09. The van der Waals surface area contributed by atoms with Crippen molar-refractivity contribution in [3.8, 4) is 5.95 Å². The Hall–Kier alpha value is -2.22. The van der Waals surface area contributed by atoms with Gasteiger partial charge in [-0.25, -0.2) is 4.98 Å². The molecule has 0 bridgehead atoms. The van der Waals surface area contributed by atoms with Gasteiger partial charge >= 0.3 is 0 Å². The second-order valence-corrected chi connectivity index (χ2v) is 4.46. The minimum absolute atomic E-state index is 0.0271. The fraction of sp³-hybridized carbons (Fsp3) is 0.417. The van der Waals surface area contributed by atoms with Crippen LogP contribution >= 0.6 is 11.6 Å². The molecule has 1 amide bonds. The predicted octanol–water partition coefficient (Wildman–Crippen LogP) is 0.991. The van der Waals surface area contributed by atoms with Crippen LogP contribution in [-0.4, -0.2) is 54.9 Å². The molecule has 0 spiro atoms. The van der Waals surface area contributed by atoms with Crippen molar-refractivity contribution in [2.24, 2.45) is 0 Å². The number of aromatic nitrogens is 5. The molecule has 112 valence electrons. The van der Waals surface area contributed by atoms with E-state index in [0.29, 0.717) is 19.0 Å². The fourth-order valence-corrected chi connectivity index (χ4v) is 1.91. The number of nitrogens with zero attached hydrogens (tertiary/aromatic N) is 6. The third kappa shape index (κ3) is 3.88. The second-order valence-electron chi connectivity index (χ2n) is 4.12. The van der Waals surface area contributed by atoms with E-state index < -0.39 is 0 Å². The number of hydrogen-bond acceptors (Lipinski definition) is 6. The number of carbonyl (C=O) groups excluding carboxylic acids is 1. The first-order valence-corrected chi connectivity index (χ1v) is 6.93. The second kappa shape index (κ2) is 6.98. The summed E-state index contributed by atoms with van der Waals surface area (Å²) in [5.74, 6) is 0.560. The molecule has 0 aliphatic heterocycles. The van der Waals surface area contributed by atoms with Crippen LogP contribution in [0.3, 0.4) is 0 Å². The van der Waals surface area contributed by atoms with E-state index in [9.17, 15) is 4.79 Å². The van der Waals surface area contributed by atoms with Crippen molar-refractivity contribution in [1.82, 2.24) is 29.4 Å². The molecule has 2 aromatic heterocycles. The van der Waals surface area contributed by atoms with Crippen molar-refractivity contribution in [1.29, 1.82) is 0 Å². The molecule has 0 aromatic carbocycles. The Kier molecular flexibility index (Phi) is 5.04. The van der Waals surface area contributed by atoms with Gasteiger partial charge < -0.3 is 10.2 Å². The van der Waals surface area contributed by atoms with E-state index in [1.165, 1.54) is 0 Å². The van der Waals surface area contributed by atoms with E-state index in [1.807, 2.05) is 13.8 Å². The minimum atomic E-state index is -0.0271. The summed E-state index contributed by atoms with van der Waals surface area (Å²) >= 11 is 5.87. The number of likely N-dealkylation sites (N-methyl/N-ethyl adjacent to an activating group) is 1. The highest BCUT2D eigenvalue weighted by Gasteiger charge is 2.11. The zero-order valence-electron chi connectivity index (χ0n) is 11.8. The molecule has 0 unspecified atom stereocenters. The Morgan fingerprint density at radius 3 is 2.71 bits per heavy atom. The van der Waals surface area contributed by atoms with Crippen LogP contribution in [0.4, 0.5) is 5.95 Å². The summed E-state index contributed by atoms with van der Waals surface area (Å²) in [6.45, 7) is 5.28. The van der Waals surface area contributed by atoms with Crippen molar-refractivity contribution in [3.63, 3.8) is 0 Å². The van der Waals surface area contributed by atoms with Gasteiger partial charge in [0.1, 0.15) is 6.33 Å². The van der Waals surface area contributed by atoms with Crippen LogP contribution < -0.4 is 5.32 Å². The monoisotopic (exact) mass is 309 g/mol. The Bertz CT molecular complexity index is 598. The largest absolute Gasteiger partial charge is 0.345 e. The lowest BCUT2D eigenvalue weighted by Gasteiger charge is -2.18. The molecule has 0 radical (unpaired) electrons. The first kappa shape index (κ1) is 15.2. The van der Waals surface area contributed by atoms with Gasteiger partial charge in [-0.3, -0.25) is 9.36 Å². The molecule has 21 heavy (non-hydrogen) atoms. The normalized spacial score (nSPS) is 10.4. The molecule has 2 heterocycles. The summed E-state index contributed by atoms with van der Waals surface area (Å²) in [7, 11) is 0. The van der Waals surface area contributed by atoms with Crippen molar-refractivity contribution in [2.45, 2.75) is 13.8 Å². The van der Waals surface area contributed by atoms with Gasteiger partial charge in [-0.15, -0.1) is 0 Å². The van der Waals surface area contributed by atoms with Crippen LogP contribution in [0.2, 0.25) is 5.28 Å². The number of hydrogen-bond donors (Lipinski definition) is 1. The molecular weight excluding hydrogens is 294 g/mol. The van der Waals surface area contributed by atoms with E-state index in [0.717, 1.165) is 0 Å². The number of rotatable bonds is 6. The van der Waals surface area contributed by atoms with Crippen LogP contribution in [0, 0.1) is 0 Å². The molecule has 0 aliphatic rings. The number of anilines is 1. The Balaban J connectivity index is 2.09. The third-order valence-electron chi connectivity index (χ3n) is 2.85. The summed E-state index contributed by atoms with van der Waals surface area (Å²) in [5.41, 5.74) is 0. The number of halogens is 1. The fourth-order valence-electron chi connectivity index (χ4n) is 1.75. The van der Waals surface area contributed by atoms with Crippen LogP contribution in [0.5, 0.6) is 0 Å². The first-order valence-electron chi connectivity index (χ1n) is 6.55. The first-order chi connectivity index (χ1) is 10.1. The average molecular weight is 310 g/mol. The molecular formula is C12H16ClN7O. The molecule has 0 aliphatic carbocycles. The number of amides is 1. The van der Waals surface area contributed by atoms with Crippen LogP contribution in [-0.2, 0) is 4.79 Å². The number of carbonyl (C=O) groups is 1. The Morgan fingerprint density at radius 1 is 1.33 bits per heavy atom. The van der Waals surface area contributed by atoms with Gasteiger partial charge in [-0.1, -0.05) is 0 Å². The Morgan fingerprint density at radius 2 is 2.10 bits per heavy atom. The molecule has 0 fully saturated rings. The molecule has 2 aromatic rings. The third-order valence-corrected chi connectivity index (χ3v) is 3.01. The van der Waals surface area contributed by atoms with E-state index in [1.54, 1.807) is 28.2 Å². The van der Waals surface area contributed by atoms with Crippen molar-refractivity contribution >= 4 is 23.5 Å². The van der Waals surface area contributed by atoms with E-state index >= 15 is 0 Å². The lowest BCUT2D eigenvalue weighted by atomic mass is 10.4. The van der Waals surface area contributed by atoms with Gasteiger partial charge in [0.05, 0.1) is 6.54 Å². The quantitative estimate of drug-likeness (QED) is 0.856. The smallest absolute Gasteiger partial charge is 0.241 e. The summed E-state index contributed by atoms with van der Waals surface area (Å²) in [5, 5.41) is 2.91. The van der Waals surface area contributed by atoms with Crippen LogP contribution in [0.25, 0.3) is 5.95 Å². The Labute approximate surface area is 127 Å². The molecule has 0 saturated heterocycles. The minimum Gasteiger partial charge on any atom is -0.345 e. The number of nitrogens with one attached hydrogen (secondary N) is 1. The van der Waals surface area contributed by atoms with Crippen LogP contribution in [0.1, 0.15) is 13.8 Å². The van der Waals surface area contributed by atoms with Crippen molar-refractivity contribution in [3.05, 3.63) is 24.0 Å². The topological polar surface area (TPSA) is 88.8 Å². The van der Waals surface area contributed by atoms with Crippen LogP contribution in [0.15, 0.2) is 18.7 Å². The molecule has 2 rings (SSSR count). The van der Waals surface area contributed by atoms with Gasteiger partial charge in [0.25, 0.3) is 0 Å².